The standard InChI is InChI=1S/CO.Al.Co/c1-2;;. The summed E-state index contributed by atoms with van der Waals surface area (Å²) in [5, 5.41) is 0. The molecule has 0 amide bonds. The average Bonchev–Trinajstić information content (AvgIpc) is 0.918. The molecule has 0 fully saturated rings. The fourth-order valence-electron chi connectivity index (χ4n) is 0. The Morgan fingerprint density at radius 3 is 1.75 bits per heavy atom. The van der Waals surface area contributed by atoms with E-state index in [0.717, 1.165) is 0 Å². The molecule has 22 valence electrons. The minimum atomic E-state index is 0. The quantitative estimate of drug-likeness (QED) is 0.377. The van der Waals surface area contributed by atoms with Gasteiger partial charge >= 0.3 is 25.4 Å². The molecule has 0 spiro atoms. The van der Waals surface area contributed by atoms with Gasteiger partial charge in [0.25, 0.3) is 0 Å². The predicted molar refractivity (Wildman–Crippen MR) is 11.4 cm³/mol. The van der Waals surface area contributed by atoms with Crippen LogP contribution in [-0.2, 0) is 21.6 Å². The van der Waals surface area contributed by atoms with Crippen molar-refractivity contribution in [2.45, 2.75) is 0 Å². The van der Waals surface area contributed by atoms with Gasteiger partial charge in [-0.1, -0.05) is 0 Å². The van der Waals surface area contributed by atoms with Crippen molar-refractivity contribution in [1.29, 1.82) is 0 Å². The van der Waals surface area contributed by atoms with Crippen molar-refractivity contribution in [2.75, 3.05) is 0 Å². The van der Waals surface area contributed by atoms with Gasteiger partial charge in [0, 0.05) is 16.8 Å². The smallest absolute Gasteiger partial charge is 0 e. The van der Waals surface area contributed by atoms with Gasteiger partial charge in [0.05, 0.1) is 0 Å². The first-order valence-corrected chi connectivity index (χ1v) is 1.07. The van der Waals surface area contributed by atoms with E-state index in [1.807, 2.05) is 0 Å². The molecule has 0 aromatic carbocycles. The van der Waals surface area contributed by atoms with E-state index in [2.05, 4.69) is 0 Å². The Morgan fingerprint density at radius 1 is 1.75 bits per heavy atom. The molecule has 0 aromatic heterocycles. The van der Waals surface area contributed by atoms with Gasteiger partial charge in [0.1, 0.15) is 0 Å². The summed E-state index contributed by atoms with van der Waals surface area (Å²) in [7, 11) is 0. The molecule has 0 aromatic rings. The van der Waals surface area contributed by atoms with E-state index in [0.29, 0.717) is 0 Å². The third-order valence-corrected chi connectivity index (χ3v) is 0. The first-order valence-electron chi connectivity index (χ1n) is 0.493. The maximum Gasteiger partial charge on any atom is 0 e. The van der Waals surface area contributed by atoms with Crippen LogP contribution in [0.4, 0.5) is 0 Å². The van der Waals surface area contributed by atoms with Crippen LogP contribution in [0.25, 0.3) is 0 Å². The Morgan fingerprint density at radius 2 is 1.75 bits per heavy atom. The predicted octanol–water partition coefficient (Wildman–Crippen LogP) is -0.780. The van der Waals surface area contributed by atoms with E-state index in [1.54, 1.807) is 15.9 Å². The molecule has 0 aliphatic heterocycles. The first-order chi connectivity index (χ1) is 1.41. The zero-order valence-electron chi connectivity index (χ0n) is 1.82. The largest absolute Gasteiger partial charge is 0 e. The van der Waals surface area contributed by atoms with Crippen molar-refractivity contribution in [3.05, 3.63) is 0 Å². The normalized spacial score (nSPS) is 1.75. The van der Waals surface area contributed by atoms with Crippen molar-refractivity contribution < 1.29 is 21.6 Å². The second kappa shape index (κ2) is 9.47. The van der Waals surface area contributed by atoms with Gasteiger partial charge in [0.15, 0.2) is 0 Å². The van der Waals surface area contributed by atoms with Crippen LogP contribution in [0.3, 0.4) is 0 Å². The molecular formula is CAlCoO. The molecule has 0 rings (SSSR count). The summed E-state index contributed by atoms with van der Waals surface area (Å²) in [6.07, 6.45) is 0. The van der Waals surface area contributed by atoms with Gasteiger partial charge < -0.3 is 0 Å². The molecule has 0 unspecified atom stereocenters. The van der Waals surface area contributed by atoms with Gasteiger partial charge in [0.2, 0.25) is 0 Å². The van der Waals surface area contributed by atoms with Crippen LogP contribution in [0.1, 0.15) is 0 Å². The van der Waals surface area contributed by atoms with E-state index in [4.69, 9.17) is 4.79 Å². The summed E-state index contributed by atoms with van der Waals surface area (Å²) < 4.78 is 1.42. The molecule has 0 aliphatic carbocycles. The van der Waals surface area contributed by atoms with E-state index in [-0.39, 0.29) is 16.8 Å². The molecule has 0 aliphatic rings. The summed E-state index contributed by atoms with van der Waals surface area (Å²) >= 11 is 1.77. The third-order valence-electron chi connectivity index (χ3n) is 0. The minimum absolute atomic E-state index is 0. The SMILES string of the molecule is O=[C]=[Al].[Co]. The molecule has 1 nitrogen and oxygen atoms in total. The molecule has 0 bridgehead atoms. The Labute approximate surface area is 42.5 Å². The Balaban J connectivity index is 0. The number of carbonyl (C=O) groups excluding carboxylic acids is 1. The molecule has 4 heavy (non-hydrogen) atoms. The van der Waals surface area contributed by atoms with Crippen LogP contribution in [-0.4, -0.2) is 20.6 Å². The van der Waals surface area contributed by atoms with Crippen molar-refractivity contribution in [3.8, 4) is 0 Å². The molecule has 0 saturated heterocycles. The summed E-state index contributed by atoms with van der Waals surface area (Å²) in [6.45, 7) is 0. The van der Waals surface area contributed by atoms with Gasteiger partial charge in [-0.3, -0.25) is 0 Å². The third kappa shape index (κ3) is 17.9. The van der Waals surface area contributed by atoms with E-state index in [1.165, 1.54) is 4.75 Å². The summed E-state index contributed by atoms with van der Waals surface area (Å²) in [5.41, 5.74) is 0. The summed E-state index contributed by atoms with van der Waals surface area (Å²) in [4.78, 5) is 8.64. The van der Waals surface area contributed by atoms with E-state index >= 15 is 0 Å². The Kier molecular flexibility index (Phi) is 20.9. The summed E-state index contributed by atoms with van der Waals surface area (Å²) in [6, 6.07) is 0. The zero-order valence-corrected chi connectivity index (χ0v) is 4.01. The Hall–Kier alpha value is 0.619. The zero-order chi connectivity index (χ0) is 2.71. The molecule has 0 N–H and O–H groups in total. The van der Waals surface area contributed by atoms with Gasteiger partial charge in [-0.05, 0) is 0 Å². The fourth-order valence-corrected chi connectivity index (χ4v) is 0. The van der Waals surface area contributed by atoms with Crippen molar-refractivity contribution in [3.63, 3.8) is 0 Å². The second-order valence-electron chi connectivity index (χ2n) is 0.118. The van der Waals surface area contributed by atoms with Crippen LogP contribution in [0.15, 0.2) is 0 Å². The van der Waals surface area contributed by atoms with Crippen LogP contribution < -0.4 is 0 Å². The van der Waals surface area contributed by atoms with Crippen LogP contribution in [0.5, 0.6) is 0 Å². The molecule has 3 heteroatoms. The van der Waals surface area contributed by atoms with Crippen molar-refractivity contribution in [1.82, 2.24) is 0 Å². The maximum absolute atomic E-state index is 8.64. The van der Waals surface area contributed by atoms with E-state index < -0.39 is 0 Å². The van der Waals surface area contributed by atoms with Gasteiger partial charge in [-0.25, -0.2) is 0 Å². The second-order valence-corrected chi connectivity index (χ2v) is 0.354. The fraction of sp³-hybridized carbons (Fsp3) is 0. The molecular weight excluding hydrogens is 114 g/mol. The maximum atomic E-state index is 8.64. The topological polar surface area (TPSA) is 17.1 Å². The minimum Gasteiger partial charge on any atom is 0 e. The number of rotatable bonds is 0. The van der Waals surface area contributed by atoms with Crippen molar-refractivity contribution in [2.24, 2.45) is 0 Å². The van der Waals surface area contributed by atoms with Crippen LogP contribution in [0, 0.1) is 0 Å². The number of hydrogen-bond donors (Lipinski definition) is 0. The molecule has 0 saturated carbocycles. The molecule has 0 atom stereocenters. The molecule has 2 radical (unpaired) electrons. The first kappa shape index (κ1) is 8.82. The molecule has 0 heterocycles. The van der Waals surface area contributed by atoms with Crippen LogP contribution >= 0.6 is 0 Å². The number of hydrogen-bond acceptors (Lipinski definition) is 1. The van der Waals surface area contributed by atoms with Gasteiger partial charge in [-0.2, -0.15) is 0 Å². The summed E-state index contributed by atoms with van der Waals surface area (Å²) in [5.74, 6) is 0. The Bertz CT molecular complexity index is 29.0. The van der Waals surface area contributed by atoms with Crippen molar-refractivity contribution >= 4 is 20.6 Å². The average molecular weight is 114 g/mol. The van der Waals surface area contributed by atoms with Gasteiger partial charge in [-0.15, -0.1) is 0 Å². The van der Waals surface area contributed by atoms with Crippen LogP contribution in [0.2, 0.25) is 0 Å². The monoisotopic (exact) mass is 114 g/mol. The van der Waals surface area contributed by atoms with E-state index in [9.17, 15) is 0 Å².